The molecule has 6 nitrogen and oxygen atoms in total. The van der Waals surface area contributed by atoms with Crippen molar-refractivity contribution in [3.63, 3.8) is 0 Å². The van der Waals surface area contributed by atoms with Crippen LogP contribution in [0.1, 0.15) is 30.1 Å². The maximum Gasteiger partial charge on any atom is 0.321 e. The number of aromatic nitrogens is 3. The SMILES string of the molecule is COC(=O)C1(c2nc(-c3cc(C)nc(C)c3)no2)CC1. The van der Waals surface area contributed by atoms with Crippen molar-refractivity contribution >= 4 is 5.97 Å². The second-order valence-corrected chi connectivity index (χ2v) is 5.14. The molecule has 0 N–H and O–H groups in total. The van der Waals surface area contributed by atoms with Crippen LogP contribution in [-0.2, 0) is 14.9 Å². The second kappa shape index (κ2) is 4.40. The van der Waals surface area contributed by atoms with Gasteiger partial charge in [-0.15, -0.1) is 0 Å². The van der Waals surface area contributed by atoms with Crippen molar-refractivity contribution in [3.05, 3.63) is 29.4 Å². The number of methoxy groups -OCH3 is 1. The van der Waals surface area contributed by atoms with Crippen LogP contribution in [0, 0.1) is 13.8 Å². The van der Waals surface area contributed by atoms with Crippen LogP contribution in [0.15, 0.2) is 16.7 Å². The lowest BCUT2D eigenvalue weighted by Gasteiger charge is -2.05. The molecule has 6 heteroatoms. The van der Waals surface area contributed by atoms with E-state index >= 15 is 0 Å². The van der Waals surface area contributed by atoms with Gasteiger partial charge in [0.05, 0.1) is 7.11 Å². The maximum atomic E-state index is 11.8. The zero-order chi connectivity index (χ0) is 14.3. The molecule has 20 heavy (non-hydrogen) atoms. The Bertz CT molecular complexity index is 654. The summed E-state index contributed by atoms with van der Waals surface area (Å²) in [5.74, 6) is 0.505. The first-order chi connectivity index (χ1) is 9.55. The molecule has 0 amide bonds. The molecule has 0 spiro atoms. The fourth-order valence-electron chi connectivity index (χ4n) is 2.32. The zero-order valence-electron chi connectivity index (χ0n) is 11.6. The third-order valence-electron chi connectivity index (χ3n) is 3.50. The summed E-state index contributed by atoms with van der Waals surface area (Å²) in [6.07, 6.45) is 1.38. The minimum atomic E-state index is -0.725. The predicted molar refractivity (Wildman–Crippen MR) is 69.9 cm³/mol. The van der Waals surface area contributed by atoms with Gasteiger partial charge in [0.15, 0.2) is 0 Å². The summed E-state index contributed by atoms with van der Waals surface area (Å²) in [4.78, 5) is 20.5. The van der Waals surface area contributed by atoms with E-state index in [-0.39, 0.29) is 5.97 Å². The van der Waals surface area contributed by atoms with Crippen LogP contribution >= 0.6 is 0 Å². The summed E-state index contributed by atoms with van der Waals surface area (Å²) in [7, 11) is 1.37. The number of rotatable bonds is 3. The molecule has 0 aromatic carbocycles. The highest BCUT2D eigenvalue weighted by molar-refractivity contribution is 5.85. The molecular weight excluding hydrogens is 258 g/mol. The molecular formula is C14H15N3O3. The number of carbonyl (C=O) groups excluding carboxylic acids is 1. The van der Waals surface area contributed by atoms with Crippen molar-refractivity contribution in [1.29, 1.82) is 0 Å². The number of aryl methyl sites for hydroxylation is 2. The molecule has 2 heterocycles. The number of hydrogen-bond donors (Lipinski definition) is 0. The van der Waals surface area contributed by atoms with E-state index in [0.29, 0.717) is 24.6 Å². The molecule has 104 valence electrons. The molecule has 0 atom stereocenters. The van der Waals surface area contributed by atoms with Crippen molar-refractivity contribution in [2.24, 2.45) is 0 Å². The quantitative estimate of drug-likeness (QED) is 0.795. The number of carbonyl (C=O) groups is 1. The van der Waals surface area contributed by atoms with Crippen LogP contribution < -0.4 is 0 Å². The molecule has 0 unspecified atom stereocenters. The van der Waals surface area contributed by atoms with E-state index in [1.807, 2.05) is 26.0 Å². The topological polar surface area (TPSA) is 78.1 Å². The Morgan fingerprint density at radius 3 is 2.45 bits per heavy atom. The van der Waals surface area contributed by atoms with Gasteiger partial charge in [0, 0.05) is 17.0 Å². The van der Waals surface area contributed by atoms with Gasteiger partial charge in [-0.2, -0.15) is 4.98 Å². The Hall–Kier alpha value is -2.24. The summed E-state index contributed by atoms with van der Waals surface area (Å²) < 4.78 is 10.1. The Morgan fingerprint density at radius 2 is 1.90 bits per heavy atom. The zero-order valence-corrected chi connectivity index (χ0v) is 11.6. The summed E-state index contributed by atoms with van der Waals surface area (Å²) >= 11 is 0. The minimum Gasteiger partial charge on any atom is -0.468 e. The van der Waals surface area contributed by atoms with Gasteiger partial charge in [0.1, 0.15) is 5.41 Å². The Labute approximate surface area is 116 Å². The maximum absolute atomic E-state index is 11.8. The third-order valence-corrected chi connectivity index (χ3v) is 3.50. The van der Waals surface area contributed by atoms with E-state index in [1.165, 1.54) is 7.11 Å². The molecule has 1 aliphatic carbocycles. The van der Waals surface area contributed by atoms with E-state index in [1.54, 1.807) is 0 Å². The lowest BCUT2D eigenvalue weighted by atomic mass is 10.1. The average Bonchev–Trinajstić information content (AvgIpc) is 3.07. The van der Waals surface area contributed by atoms with Crippen molar-refractivity contribution in [1.82, 2.24) is 15.1 Å². The number of pyridine rings is 1. The fourth-order valence-corrected chi connectivity index (χ4v) is 2.32. The van der Waals surface area contributed by atoms with Gasteiger partial charge in [0.2, 0.25) is 11.7 Å². The third kappa shape index (κ3) is 1.97. The largest absolute Gasteiger partial charge is 0.468 e. The van der Waals surface area contributed by atoms with E-state index < -0.39 is 5.41 Å². The van der Waals surface area contributed by atoms with Crippen molar-refractivity contribution < 1.29 is 14.1 Å². The van der Waals surface area contributed by atoms with Gasteiger partial charge in [-0.05, 0) is 38.8 Å². The molecule has 0 radical (unpaired) electrons. The lowest BCUT2D eigenvalue weighted by molar-refractivity contribution is -0.144. The Morgan fingerprint density at radius 1 is 1.25 bits per heavy atom. The van der Waals surface area contributed by atoms with Gasteiger partial charge in [-0.1, -0.05) is 5.16 Å². The van der Waals surface area contributed by atoms with Crippen molar-refractivity contribution in [3.8, 4) is 11.4 Å². The number of nitrogens with zero attached hydrogens (tertiary/aromatic N) is 3. The highest BCUT2D eigenvalue weighted by Crippen LogP contribution is 2.48. The number of hydrogen-bond acceptors (Lipinski definition) is 6. The van der Waals surface area contributed by atoms with Gasteiger partial charge < -0.3 is 9.26 Å². The molecule has 2 aromatic rings. The van der Waals surface area contributed by atoms with Crippen LogP contribution in [0.25, 0.3) is 11.4 Å². The summed E-state index contributed by atoms with van der Waals surface area (Å²) in [6, 6.07) is 3.78. The minimum absolute atomic E-state index is 0.310. The van der Waals surface area contributed by atoms with Crippen LogP contribution in [0.5, 0.6) is 0 Å². The van der Waals surface area contributed by atoms with Crippen LogP contribution in [0.4, 0.5) is 0 Å². The van der Waals surface area contributed by atoms with Gasteiger partial charge >= 0.3 is 5.97 Å². The highest BCUT2D eigenvalue weighted by atomic mass is 16.5. The van der Waals surface area contributed by atoms with E-state index in [2.05, 4.69) is 15.1 Å². The lowest BCUT2D eigenvalue weighted by Crippen LogP contribution is -2.22. The molecule has 0 aliphatic heterocycles. The van der Waals surface area contributed by atoms with Gasteiger partial charge in [0.25, 0.3) is 0 Å². The van der Waals surface area contributed by atoms with Gasteiger partial charge in [-0.25, -0.2) is 0 Å². The Kier molecular flexibility index (Phi) is 2.81. The smallest absolute Gasteiger partial charge is 0.321 e. The molecule has 3 rings (SSSR count). The highest BCUT2D eigenvalue weighted by Gasteiger charge is 2.57. The van der Waals surface area contributed by atoms with E-state index in [0.717, 1.165) is 17.0 Å². The molecule has 0 saturated heterocycles. The summed E-state index contributed by atoms with van der Waals surface area (Å²) in [5.41, 5.74) is 1.89. The normalized spacial score (nSPS) is 15.9. The van der Waals surface area contributed by atoms with Crippen LogP contribution in [0.3, 0.4) is 0 Å². The van der Waals surface area contributed by atoms with Crippen LogP contribution in [-0.4, -0.2) is 28.2 Å². The van der Waals surface area contributed by atoms with Gasteiger partial charge in [-0.3, -0.25) is 9.78 Å². The standard InChI is InChI=1S/C14H15N3O3/c1-8-6-10(7-9(2)15-8)11-16-12(20-17-11)14(4-5-14)13(18)19-3/h6-7H,4-5H2,1-3H3. The predicted octanol–water partition coefficient (Wildman–Crippen LogP) is 1.95. The molecule has 1 saturated carbocycles. The second-order valence-electron chi connectivity index (χ2n) is 5.14. The number of esters is 1. The molecule has 1 fully saturated rings. The fraction of sp³-hybridized carbons (Fsp3) is 0.429. The summed E-state index contributed by atoms with van der Waals surface area (Å²) in [5, 5.41) is 3.97. The molecule has 0 bridgehead atoms. The monoisotopic (exact) mass is 273 g/mol. The Balaban J connectivity index is 1.97. The van der Waals surface area contributed by atoms with Crippen molar-refractivity contribution in [2.75, 3.05) is 7.11 Å². The first-order valence-corrected chi connectivity index (χ1v) is 6.43. The average molecular weight is 273 g/mol. The number of ether oxygens (including phenoxy) is 1. The first-order valence-electron chi connectivity index (χ1n) is 6.43. The van der Waals surface area contributed by atoms with E-state index in [9.17, 15) is 4.79 Å². The summed E-state index contributed by atoms with van der Waals surface area (Å²) in [6.45, 7) is 3.82. The van der Waals surface area contributed by atoms with E-state index in [4.69, 9.17) is 9.26 Å². The van der Waals surface area contributed by atoms with Crippen LogP contribution in [0.2, 0.25) is 0 Å². The first kappa shape index (κ1) is 12.8. The van der Waals surface area contributed by atoms with Crippen molar-refractivity contribution in [2.45, 2.75) is 32.1 Å². The molecule has 1 aliphatic rings. The molecule has 2 aromatic heterocycles.